The van der Waals surface area contributed by atoms with Gasteiger partial charge >= 0.3 is 0 Å². The molecular weight excluding hydrogens is 342 g/mol. The molecule has 1 atom stereocenters. The summed E-state index contributed by atoms with van der Waals surface area (Å²) in [7, 11) is 0. The van der Waals surface area contributed by atoms with Crippen molar-refractivity contribution in [1.82, 2.24) is 14.8 Å². The van der Waals surface area contributed by atoms with E-state index in [-0.39, 0.29) is 5.54 Å². The van der Waals surface area contributed by atoms with Gasteiger partial charge in [0.2, 0.25) is 0 Å². The lowest BCUT2D eigenvalue weighted by molar-refractivity contribution is 0.417. The van der Waals surface area contributed by atoms with Gasteiger partial charge in [0, 0.05) is 29.2 Å². The maximum atomic E-state index is 6.14. The van der Waals surface area contributed by atoms with E-state index in [0.29, 0.717) is 0 Å². The number of benzene rings is 2. The molecule has 0 radical (unpaired) electrons. The van der Waals surface area contributed by atoms with E-state index >= 15 is 0 Å². The van der Waals surface area contributed by atoms with Gasteiger partial charge in [0.1, 0.15) is 0 Å². The predicted octanol–water partition coefficient (Wildman–Crippen LogP) is 5.73. The van der Waals surface area contributed by atoms with Crippen LogP contribution in [0.2, 0.25) is 5.02 Å². The second-order valence-corrected chi connectivity index (χ2v) is 6.81. The molecule has 0 aliphatic rings. The molecule has 3 nitrogen and oxygen atoms in total. The Bertz CT molecular complexity index is 955. The van der Waals surface area contributed by atoms with Gasteiger partial charge in [0.15, 0.2) is 0 Å². The molecule has 0 saturated carbocycles. The fourth-order valence-corrected chi connectivity index (χ4v) is 3.84. The average Bonchev–Trinajstić information content (AvgIpc) is 3.39. The highest BCUT2D eigenvalue weighted by Gasteiger charge is 2.33. The summed E-state index contributed by atoms with van der Waals surface area (Å²) in [6, 6.07) is 21.0. The molecule has 0 saturated heterocycles. The summed E-state index contributed by atoms with van der Waals surface area (Å²) >= 11 is 6.14. The molecule has 4 heteroatoms. The van der Waals surface area contributed by atoms with E-state index in [1.807, 2.05) is 24.5 Å². The van der Waals surface area contributed by atoms with Crippen molar-refractivity contribution < 1.29 is 0 Å². The maximum Gasteiger partial charge on any atom is 0.0940 e. The molecule has 0 fully saturated rings. The van der Waals surface area contributed by atoms with Gasteiger partial charge in [0.05, 0.1) is 11.7 Å². The van der Waals surface area contributed by atoms with Gasteiger partial charge in [-0.05, 0) is 47.4 Å². The summed E-state index contributed by atoms with van der Waals surface area (Å²) in [6.07, 6.45) is 8.93. The Balaban J connectivity index is 1.87. The van der Waals surface area contributed by atoms with Crippen LogP contribution < -0.4 is 0 Å². The maximum absolute atomic E-state index is 6.14. The summed E-state index contributed by atoms with van der Waals surface area (Å²) in [6.45, 7) is 2.22. The summed E-state index contributed by atoms with van der Waals surface area (Å²) in [5.74, 6) is 0. The van der Waals surface area contributed by atoms with Crippen molar-refractivity contribution >= 4 is 11.6 Å². The van der Waals surface area contributed by atoms with E-state index in [2.05, 4.69) is 82.6 Å². The molecule has 0 aliphatic carbocycles. The number of hydrogen-bond donors (Lipinski definition) is 1. The third-order valence-electron chi connectivity index (χ3n) is 5.07. The van der Waals surface area contributed by atoms with Crippen molar-refractivity contribution in [3.8, 4) is 11.1 Å². The quantitative estimate of drug-likeness (QED) is 0.483. The van der Waals surface area contributed by atoms with Crippen LogP contribution in [0.25, 0.3) is 11.1 Å². The largest absolute Gasteiger partial charge is 0.340 e. The van der Waals surface area contributed by atoms with Crippen LogP contribution in [0.5, 0.6) is 0 Å². The van der Waals surface area contributed by atoms with Gasteiger partial charge in [-0.15, -0.1) is 0 Å². The van der Waals surface area contributed by atoms with Crippen molar-refractivity contribution in [1.29, 1.82) is 0 Å². The highest BCUT2D eigenvalue weighted by Crippen LogP contribution is 2.38. The number of nitrogens with zero attached hydrogens (tertiary/aromatic N) is 2. The van der Waals surface area contributed by atoms with Gasteiger partial charge in [-0.1, -0.05) is 54.9 Å². The molecular formula is C22H20ClN3. The second-order valence-electron chi connectivity index (χ2n) is 6.38. The zero-order chi connectivity index (χ0) is 18.0. The topological polar surface area (TPSA) is 33.6 Å². The van der Waals surface area contributed by atoms with Crippen LogP contribution >= 0.6 is 11.6 Å². The molecule has 4 rings (SSSR count). The first-order chi connectivity index (χ1) is 12.7. The van der Waals surface area contributed by atoms with Crippen LogP contribution in [0, 0.1) is 0 Å². The number of aromatic nitrogens is 3. The minimum absolute atomic E-state index is 0.275. The predicted molar refractivity (Wildman–Crippen MR) is 106 cm³/mol. The van der Waals surface area contributed by atoms with Crippen LogP contribution in [0.1, 0.15) is 24.5 Å². The monoisotopic (exact) mass is 361 g/mol. The molecule has 2 aromatic carbocycles. The van der Waals surface area contributed by atoms with E-state index in [4.69, 9.17) is 11.6 Å². The van der Waals surface area contributed by atoms with Crippen LogP contribution in [-0.2, 0) is 5.54 Å². The number of hydrogen-bond acceptors (Lipinski definition) is 1. The first-order valence-electron chi connectivity index (χ1n) is 8.73. The number of H-pyrrole nitrogens is 1. The molecule has 2 aromatic heterocycles. The Morgan fingerprint density at radius 2 is 1.54 bits per heavy atom. The Hall–Kier alpha value is -2.78. The number of rotatable bonds is 5. The van der Waals surface area contributed by atoms with Crippen molar-refractivity contribution in [3.05, 3.63) is 102 Å². The lowest BCUT2D eigenvalue weighted by Gasteiger charge is -2.36. The van der Waals surface area contributed by atoms with E-state index in [9.17, 15) is 0 Å². The Morgan fingerprint density at radius 1 is 0.923 bits per heavy atom. The zero-order valence-corrected chi connectivity index (χ0v) is 15.3. The standard InChI is InChI=1S/C22H20ClN3/c1-2-22(26-13-3-4-14-26,20-9-11-21(23)12-10-20)19-7-5-17(6-8-19)18-15-24-25-16-18/h3-16H,2H2,1H3,(H,24,25). The molecule has 0 spiro atoms. The van der Waals surface area contributed by atoms with E-state index in [1.54, 1.807) is 0 Å². The second kappa shape index (κ2) is 6.85. The third kappa shape index (κ3) is 2.74. The minimum Gasteiger partial charge on any atom is -0.340 e. The molecule has 0 amide bonds. The van der Waals surface area contributed by atoms with Crippen LogP contribution in [-0.4, -0.2) is 14.8 Å². The average molecular weight is 362 g/mol. The fraction of sp³-hybridized carbons (Fsp3) is 0.136. The van der Waals surface area contributed by atoms with Gasteiger partial charge in [0.25, 0.3) is 0 Å². The highest BCUT2D eigenvalue weighted by atomic mass is 35.5. The number of nitrogens with one attached hydrogen (secondary N) is 1. The highest BCUT2D eigenvalue weighted by molar-refractivity contribution is 6.30. The van der Waals surface area contributed by atoms with Crippen molar-refractivity contribution in [2.45, 2.75) is 18.9 Å². The molecule has 0 bridgehead atoms. The van der Waals surface area contributed by atoms with Crippen LogP contribution in [0.3, 0.4) is 0 Å². The van der Waals surface area contributed by atoms with Crippen LogP contribution in [0.15, 0.2) is 85.5 Å². The van der Waals surface area contributed by atoms with Crippen molar-refractivity contribution in [2.75, 3.05) is 0 Å². The van der Waals surface area contributed by atoms with Gasteiger partial charge in [-0.3, -0.25) is 5.10 Å². The summed E-state index contributed by atoms with van der Waals surface area (Å²) < 4.78 is 2.28. The number of halogens is 1. The normalized spacial score (nSPS) is 13.5. The molecule has 0 aliphatic heterocycles. The molecule has 1 unspecified atom stereocenters. The number of aromatic amines is 1. The van der Waals surface area contributed by atoms with E-state index in [1.165, 1.54) is 11.1 Å². The zero-order valence-electron chi connectivity index (χ0n) is 14.6. The van der Waals surface area contributed by atoms with E-state index < -0.39 is 0 Å². The van der Waals surface area contributed by atoms with Crippen molar-refractivity contribution in [2.24, 2.45) is 0 Å². The van der Waals surface area contributed by atoms with Crippen LogP contribution in [0.4, 0.5) is 0 Å². The SMILES string of the molecule is CCC(c1ccc(Cl)cc1)(c1ccc(-c2cn[nH]c2)cc1)n1cccc1. The molecule has 130 valence electrons. The third-order valence-corrected chi connectivity index (χ3v) is 5.32. The summed E-state index contributed by atoms with van der Waals surface area (Å²) in [4.78, 5) is 0. The summed E-state index contributed by atoms with van der Waals surface area (Å²) in [5, 5.41) is 7.66. The molecule has 4 aromatic rings. The van der Waals surface area contributed by atoms with Crippen molar-refractivity contribution in [3.63, 3.8) is 0 Å². The first-order valence-corrected chi connectivity index (χ1v) is 9.11. The van der Waals surface area contributed by atoms with Gasteiger partial charge < -0.3 is 4.57 Å². The van der Waals surface area contributed by atoms with Gasteiger partial charge in [-0.2, -0.15) is 5.10 Å². The van der Waals surface area contributed by atoms with Gasteiger partial charge in [-0.25, -0.2) is 0 Å². The summed E-state index contributed by atoms with van der Waals surface area (Å²) in [5.41, 5.74) is 4.42. The lowest BCUT2D eigenvalue weighted by atomic mass is 9.80. The molecule has 2 heterocycles. The Morgan fingerprint density at radius 3 is 2.08 bits per heavy atom. The fourth-order valence-electron chi connectivity index (χ4n) is 3.72. The van der Waals surface area contributed by atoms with E-state index in [0.717, 1.165) is 22.6 Å². The smallest absolute Gasteiger partial charge is 0.0940 e. The Kier molecular flexibility index (Phi) is 4.39. The molecule has 1 N–H and O–H groups in total. The molecule has 26 heavy (non-hydrogen) atoms. The minimum atomic E-state index is -0.275. The first kappa shape index (κ1) is 16.7. The Labute approximate surface area is 158 Å². The lowest BCUT2D eigenvalue weighted by Crippen LogP contribution is -2.34.